The Morgan fingerprint density at radius 3 is 2.50 bits per heavy atom. The van der Waals surface area contributed by atoms with Crippen molar-refractivity contribution in [1.29, 1.82) is 0 Å². The number of aliphatic hydroxyl groups excluding tert-OH is 1. The Kier molecular flexibility index (Phi) is 9.12. The van der Waals surface area contributed by atoms with Gasteiger partial charge in [0.1, 0.15) is 16.1 Å². The Morgan fingerprint density at radius 2 is 1.88 bits per heavy atom. The van der Waals surface area contributed by atoms with Crippen LogP contribution in [0.2, 0.25) is 5.02 Å². The molecule has 1 aliphatic rings. The number of anilines is 1. The second-order valence-corrected chi connectivity index (χ2v) is 14.9. The Labute approximate surface area is 243 Å². The second-order valence-electron chi connectivity index (χ2n) is 9.61. The number of amides is 1. The largest absolute Gasteiger partial charge is 0.488 e. The van der Waals surface area contributed by atoms with Crippen molar-refractivity contribution in [3.8, 4) is 5.75 Å². The van der Waals surface area contributed by atoms with Crippen LogP contribution in [-0.4, -0.2) is 75.9 Å². The van der Waals surface area contributed by atoms with E-state index < -0.39 is 38.1 Å². The van der Waals surface area contributed by atoms with Crippen molar-refractivity contribution < 1.29 is 31.5 Å². The number of fused-ring (bicyclic) bond motifs is 1. The number of nitrogens with zero attached hydrogens (tertiary/aromatic N) is 2. The number of aliphatic hydroxyl groups is 1. The number of likely N-dealkylation sites (N-methyl/N-ethyl adjacent to an activating group) is 1. The van der Waals surface area contributed by atoms with Gasteiger partial charge in [-0.2, -0.15) is 4.31 Å². The molecule has 40 heavy (non-hydrogen) atoms. The van der Waals surface area contributed by atoms with Gasteiger partial charge in [0.2, 0.25) is 10.0 Å². The Balaban J connectivity index is 1.68. The number of benzene rings is 2. The molecule has 2 N–H and O–H groups in total. The van der Waals surface area contributed by atoms with Crippen LogP contribution in [-0.2, 0) is 20.0 Å². The van der Waals surface area contributed by atoms with E-state index >= 15 is 0 Å². The van der Waals surface area contributed by atoms with E-state index in [9.17, 15) is 26.7 Å². The van der Waals surface area contributed by atoms with E-state index in [2.05, 4.69) is 4.72 Å². The lowest BCUT2D eigenvalue weighted by molar-refractivity contribution is 0.0387. The first-order valence-corrected chi connectivity index (χ1v) is 16.5. The van der Waals surface area contributed by atoms with Crippen molar-refractivity contribution >= 4 is 54.6 Å². The van der Waals surface area contributed by atoms with Crippen molar-refractivity contribution in [2.24, 2.45) is 5.92 Å². The maximum absolute atomic E-state index is 13.6. The maximum atomic E-state index is 13.6. The predicted molar refractivity (Wildman–Crippen MR) is 154 cm³/mol. The van der Waals surface area contributed by atoms with Gasteiger partial charge in [0.25, 0.3) is 15.9 Å². The van der Waals surface area contributed by atoms with E-state index in [0.29, 0.717) is 5.02 Å². The van der Waals surface area contributed by atoms with E-state index in [1.54, 1.807) is 18.4 Å². The van der Waals surface area contributed by atoms with E-state index in [1.807, 2.05) is 6.92 Å². The molecule has 1 aromatic heterocycles. The molecule has 0 spiro atoms. The Bertz CT molecular complexity index is 1560. The molecule has 2 heterocycles. The lowest BCUT2D eigenvalue weighted by atomic mass is 9.99. The zero-order valence-corrected chi connectivity index (χ0v) is 25.2. The van der Waals surface area contributed by atoms with Crippen LogP contribution in [0.15, 0.2) is 69.1 Å². The van der Waals surface area contributed by atoms with Crippen LogP contribution < -0.4 is 9.46 Å². The molecular weight excluding hydrogens is 598 g/mol. The van der Waals surface area contributed by atoms with Gasteiger partial charge in [-0.25, -0.2) is 16.8 Å². The minimum atomic E-state index is -3.87. The number of carbonyl (C=O) groups is 1. The highest BCUT2D eigenvalue weighted by molar-refractivity contribution is 7.94. The summed E-state index contributed by atoms with van der Waals surface area (Å²) in [7, 11) is -6.29. The first-order valence-electron chi connectivity index (χ1n) is 12.3. The van der Waals surface area contributed by atoms with Crippen molar-refractivity contribution in [3.05, 3.63) is 70.6 Å². The van der Waals surface area contributed by atoms with Gasteiger partial charge in [0.15, 0.2) is 0 Å². The summed E-state index contributed by atoms with van der Waals surface area (Å²) in [6.07, 6.45) is -0.680. The first-order chi connectivity index (χ1) is 18.8. The quantitative estimate of drug-likeness (QED) is 0.369. The number of rotatable bonds is 9. The van der Waals surface area contributed by atoms with Crippen LogP contribution in [0.25, 0.3) is 0 Å². The average molecular weight is 628 g/mol. The minimum Gasteiger partial charge on any atom is -0.488 e. The summed E-state index contributed by atoms with van der Waals surface area (Å²) in [5.74, 6) is -0.597. The lowest BCUT2D eigenvalue weighted by Crippen LogP contribution is -2.50. The Morgan fingerprint density at radius 1 is 1.18 bits per heavy atom. The molecular formula is C26H30ClN3O7S3. The molecule has 2 aromatic carbocycles. The SMILES string of the molecule is C[C@H](CO)N1C[C@H](C)[C@H](CN(C)S(=O)(=O)c2ccc(Cl)cc2)Oc2ccc(NS(=O)(=O)c3cccs3)cc2C1=O. The van der Waals surface area contributed by atoms with Crippen LogP contribution >= 0.6 is 22.9 Å². The summed E-state index contributed by atoms with van der Waals surface area (Å²) in [5, 5.41) is 11.9. The molecule has 3 aromatic rings. The molecule has 3 atom stereocenters. The number of hydrogen-bond donors (Lipinski definition) is 2. The first kappa shape index (κ1) is 30.3. The monoisotopic (exact) mass is 627 g/mol. The highest BCUT2D eigenvalue weighted by atomic mass is 35.5. The number of carbonyl (C=O) groups excluding carboxylic acids is 1. The summed E-state index contributed by atoms with van der Waals surface area (Å²) < 4.78 is 62.1. The third kappa shape index (κ3) is 6.45. The van der Waals surface area contributed by atoms with Gasteiger partial charge in [-0.05, 0) is 60.8 Å². The number of thiophene rings is 1. The van der Waals surface area contributed by atoms with Crippen LogP contribution in [0.3, 0.4) is 0 Å². The van der Waals surface area contributed by atoms with Crippen LogP contribution in [0, 0.1) is 5.92 Å². The summed E-state index contributed by atoms with van der Waals surface area (Å²) >= 11 is 6.98. The van der Waals surface area contributed by atoms with Crippen LogP contribution in [0.5, 0.6) is 5.75 Å². The third-order valence-electron chi connectivity index (χ3n) is 6.64. The van der Waals surface area contributed by atoms with Crippen molar-refractivity contribution in [2.45, 2.75) is 35.1 Å². The van der Waals surface area contributed by atoms with Gasteiger partial charge in [-0.1, -0.05) is 24.6 Å². The lowest BCUT2D eigenvalue weighted by Gasteiger charge is -2.38. The second kappa shape index (κ2) is 12.0. The van der Waals surface area contributed by atoms with E-state index in [-0.39, 0.29) is 51.7 Å². The fourth-order valence-corrected chi connectivity index (χ4v) is 7.62. The van der Waals surface area contributed by atoms with E-state index in [1.165, 1.54) is 64.8 Å². The van der Waals surface area contributed by atoms with Crippen molar-refractivity contribution in [3.63, 3.8) is 0 Å². The molecule has 0 saturated carbocycles. The fraction of sp³-hybridized carbons (Fsp3) is 0.346. The van der Waals surface area contributed by atoms with E-state index in [0.717, 1.165) is 11.3 Å². The molecule has 1 amide bonds. The average Bonchev–Trinajstić information content (AvgIpc) is 3.47. The summed E-state index contributed by atoms with van der Waals surface area (Å²) in [6.45, 7) is 3.38. The number of hydrogen-bond acceptors (Lipinski definition) is 8. The third-order valence-corrected chi connectivity index (χ3v) is 11.5. The number of halogens is 1. The molecule has 1 aliphatic heterocycles. The molecule has 0 aliphatic carbocycles. The van der Waals surface area contributed by atoms with Gasteiger partial charge in [-0.3, -0.25) is 9.52 Å². The number of ether oxygens (including phenoxy) is 1. The smallest absolute Gasteiger partial charge is 0.271 e. The highest BCUT2D eigenvalue weighted by Crippen LogP contribution is 2.32. The molecule has 216 valence electrons. The standard InChI is InChI=1S/C26H30ClN3O7S3/c1-17-14-30(18(2)16-31)26(32)22-13-20(28-39(33,34)25-5-4-12-38-25)8-11-23(22)37-24(17)15-29(3)40(35,36)21-9-6-19(27)7-10-21/h4-13,17-18,24,28,31H,14-16H2,1-3H3/t17-,18+,24-/m0/s1. The molecule has 10 nitrogen and oxygen atoms in total. The fourth-order valence-electron chi connectivity index (χ4n) is 4.26. The molecule has 0 radical (unpaired) electrons. The molecule has 0 saturated heterocycles. The minimum absolute atomic E-state index is 0.0339. The Hall–Kier alpha value is -2.68. The van der Waals surface area contributed by atoms with Gasteiger partial charge < -0.3 is 14.7 Å². The summed E-state index contributed by atoms with van der Waals surface area (Å²) in [5.41, 5.74) is 0.250. The normalized spacial score (nSPS) is 18.9. The maximum Gasteiger partial charge on any atom is 0.271 e. The number of nitrogens with one attached hydrogen (secondary N) is 1. The van der Waals surface area contributed by atoms with Crippen molar-refractivity contribution in [2.75, 3.05) is 31.5 Å². The van der Waals surface area contributed by atoms with Crippen LogP contribution in [0.4, 0.5) is 5.69 Å². The van der Waals surface area contributed by atoms with Gasteiger partial charge in [0, 0.05) is 30.2 Å². The van der Waals surface area contributed by atoms with E-state index in [4.69, 9.17) is 16.3 Å². The summed E-state index contributed by atoms with van der Waals surface area (Å²) in [4.78, 5) is 15.2. The van der Waals surface area contributed by atoms with Crippen LogP contribution in [0.1, 0.15) is 24.2 Å². The molecule has 0 fully saturated rings. The molecule has 14 heteroatoms. The zero-order chi connectivity index (χ0) is 29.2. The topological polar surface area (TPSA) is 133 Å². The predicted octanol–water partition coefficient (Wildman–Crippen LogP) is 3.74. The highest BCUT2D eigenvalue weighted by Gasteiger charge is 2.35. The van der Waals surface area contributed by atoms with Gasteiger partial charge >= 0.3 is 0 Å². The van der Waals surface area contributed by atoms with Gasteiger partial charge in [-0.15, -0.1) is 11.3 Å². The number of sulfonamides is 2. The summed E-state index contributed by atoms with van der Waals surface area (Å²) in [6, 6.07) is 12.7. The molecule has 0 unspecified atom stereocenters. The zero-order valence-electron chi connectivity index (χ0n) is 22.0. The molecule has 4 rings (SSSR count). The van der Waals surface area contributed by atoms with Gasteiger partial charge in [0.05, 0.1) is 29.7 Å². The molecule has 0 bridgehead atoms. The van der Waals surface area contributed by atoms with Crippen molar-refractivity contribution in [1.82, 2.24) is 9.21 Å².